The minimum atomic E-state index is -4.91. The lowest BCUT2D eigenvalue weighted by Gasteiger charge is -2.15. The first-order valence-corrected chi connectivity index (χ1v) is 8.11. The van der Waals surface area contributed by atoms with Crippen LogP contribution in [0, 0.1) is 13.8 Å². The van der Waals surface area contributed by atoms with Crippen molar-refractivity contribution in [3.8, 4) is 0 Å². The van der Waals surface area contributed by atoms with Crippen LogP contribution in [0.25, 0.3) is 11.0 Å². The quantitative estimate of drug-likeness (QED) is 0.760. The van der Waals surface area contributed by atoms with Crippen LogP contribution < -0.4 is 10.9 Å². The zero-order chi connectivity index (χ0) is 19.8. The Balaban J connectivity index is 2.05. The number of fused-ring (bicyclic) bond motifs is 1. The van der Waals surface area contributed by atoms with E-state index < -0.39 is 29.9 Å². The number of amides is 1. The summed E-state index contributed by atoms with van der Waals surface area (Å²) in [7, 11) is 0. The van der Waals surface area contributed by atoms with E-state index in [4.69, 9.17) is 0 Å². The third-order valence-electron chi connectivity index (χ3n) is 4.17. The third kappa shape index (κ3) is 3.69. The lowest BCUT2D eigenvalue weighted by Crippen LogP contribution is -2.34. The summed E-state index contributed by atoms with van der Waals surface area (Å²) < 4.78 is 40.3. The molecule has 0 spiro atoms. The summed E-state index contributed by atoms with van der Waals surface area (Å²) >= 11 is 0. The predicted molar refractivity (Wildman–Crippen MR) is 95.6 cm³/mol. The Hall–Kier alpha value is -3.16. The Kier molecular flexibility index (Phi) is 4.73. The topological polar surface area (TPSA) is 64.0 Å². The summed E-state index contributed by atoms with van der Waals surface area (Å²) in [5.74, 6) is -0.598. The Bertz CT molecular complexity index is 1070. The molecule has 2 aromatic carbocycles. The zero-order valence-electron chi connectivity index (χ0n) is 14.6. The molecule has 1 amide bonds. The molecule has 0 saturated carbocycles. The van der Waals surface area contributed by atoms with Gasteiger partial charge in [0.1, 0.15) is 6.54 Å². The number of aromatic nitrogens is 2. The number of carbonyl (C=O) groups excluding carboxylic acids is 1. The number of anilines is 1. The number of nitrogens with one attached hydrogen (secondary N) is 1. The maximum atomic E-state index is 13.2. The summed E-state index contributed by atoms with van der Waals surface area (Å²) in [5, 5.41) is 2.68. The number of halogens is 3. The van der Waals surface area contributed by atoms with Gasteiger partial charge in [0.15, 0.2) is 0 Å². The molecule has 1 aromatic heterocycles. The third-order valence-corrected chi connectivity index (χ3v) is 4.17. The Morgan fingerprint density at radius 2 is 1.70 bits per heavy atom. The fourth-order valence-electron chi connectivity index (χ4n) is 2.87. The second kappa shape index (κ2) is 6.86. The molecule has 0 atom stereocenters. The normalized spacial score (nSPS) is 11.6. The molecule has 0 saturated heterocycles. The van der Waals surface area contributed by atoms with Gasteiger partial charge in [-0.3, -0.25) is 14.2 Å². The Morgan fingerprint density at radius 1 is 1.07 bits per heavy atom. The van der Waals surface area contributed by atoms with Crippen molar-refractivity contribution < 1.29 is 18.0 Å². The van der Waals surface area contributed by atoms with Crippen LogP contribution >= 0.6 is 0 Å². The van der Waals surface area contributed by atoms with E-state index in [2.05, 4.69) is 10.3 Å². The number of hydrogen-bond acceptors (Lipinski definition) is 3. The first kappa shape index (κ1) is 18.6. The maximum Gasteiger partial charge on any atom is 0.438 e. The van der Waals surface area contributed by atoms with E-state index in [0.717, 1.165) is 15.7 Å². The van der Waals surface area contributed by atoms with Crippen LogP contribution in [0.2, 0.25) is 0 Å². The van der Waals surface area contributed by atoms with Crippen LogP contribution in [0.4, 0.5) is 18.9 Å². The van der Waals surface area contributed by atoms with Crippen molar-refractivity contribution in [3.63, 3.8) is 0 Å². The number of hydrogen-bond donors (Lipinski definition) is 1. The number of carbonyl (C=O) groups is 1. The van der Waals surface area contributed by atoms with Crippen molar-refractivity contribution in [1.29, 1.82) is 0 Å². The van der Waals surface area contributed by atoms with E-state index >= 15 is 0 Å². The minimum absolute atomic E-state index is 0.00991. The summed E-state index contributed by atoms with van der Waals surface area (Å²) in [6, 6.07) is 11.3. The van der Waals surface area contributed by atoms with E-state index in [-0.39, 0.29) is 11.0 Å². The maximum absolute atomic E-state index is 13.2. The molecule has 0 aliphatic carbocycles. The second-order valence-corrected chi connectivity index (χ2v) is 6.15. The number of aryl methyl sites for hydroxylation is 2. The largest absolute Gasteiger partial charge is 0.438 e. The number of rotatable bonds is 3. The monoisotopic (exact) mass is 375 g/mol. The highest BCUT2D eigenvalue weighted by atomic mass is 19.4. The van der Waals surface area contributed by atoms with Crippen molar-refractivity contribution >= 4 is 22.6 Å². The van der Waals surface area contributed by atoms with Crippen molar-refractivity contribution in [2.75, 3.05) is 5.32 Å². The van der Waals surface area contributed by atoms with E-state index in [0.29, 0.717) is 5.69 Å². The molecule has 0 unspecified atom stereocenters. The van der Waals surface area contributed by atoms with Gasteiger partial charge in [0.05, 0.1) is 11.0 Å². The van der Waals surface area contributed by atoms with Crippen LogP contribution in [0.15, 0.2) is 47.3 Å². The fraction of sp³-hybridized carbons (Fsp3) is 0.211. The molecule has 3 aromatic rings. The first-order valence-electron chi connectivity index (χ1n) is 8.11. The summed E-state index contributed by atoms with van der Waals surface area (Å²) in [4.78, 5) is 28.3. The van der Waals surface area contributed by atoms with Gasteiger partial charge in [0.2, 0.25) is 11.6 Å². The van der Waals surface area contributed by atoms with E-state index in [1.807, 2.05) is 6.07 Å². The molecule has 1 heterocycles. The summed E-state index contributed by atoms with van der Waals surface area (Å²) in [5.41, 5.74) is -0.544. The standard InChI is InChI=1S/C19H16F3N3O2/c1-11-6-5-7-12(2)16(11)24-15(26)10-25-14-9-4-3-8-13(14)23-17(18(25)27)19(20,21)22/h3-9H,10H2,1-2H3,(H,24,26). The van der Waals surface area contributed by atoms with Crippen molar-refractivity contribution in [2.24, 2.45) is 0 Å². The number of para-hydroxylation sites is 3. The van der Waals surface area contributed by atoms with Crippen LogP contribution in [-0.4, -0.2) is 15.5 Å². The second-order valence-electron chi connectivity index (χ2n) is 6.15. The molecule has 140 valence electrons. The number of benzene rings is 2. The van der Waals surface area contributed by atoms with Crippen molar-refractivity contribution in [1.82, 2.24) is 9.55 Å². The average Bonchev–Trinajstić information content (AvgIpc) is 2.59. The van der Waals surface area contributed by atoms with E-state index in [1.165, 1.54) is 18.2 Å². The average molecular weight is 375 g/mol. The van der Waals surface area contributed by atoms with E-state index in [9.17, 15) is 22.8 Å². The highest BCUT2D eigenvalue weighted by Gasteiger charge is 2.37. The van der Waals surface area contributed by atoms with Crippen LogP contribution in [-0.2, 0) is 17.5 Å². The molecular formula is C19H16F3N3O2. The molecular weight excluding hydrogens is 359 g/mol. The lowest BCUT2D eigenvalue weighted by molar-refractivity contribution is -0.142. The molecule has 1 N–H and O–H groups in total. The van der Waals surface area contributed by atoms with Crippen LogP contribution in [0.1, 0.15) is 16.8 Å². The Labute approximate surface area is 152 Å². The zero-order valence-corrected chi connectivity index (χ0v) is 14.6. The molecule has 27 heavy (non-hydrogen) atoms. The molecule has 0 fully saturated rings. The van der Waals surface area contributed by atoms with Gasteiger partial charge in [-0.05, 0) is 37.1 Å². The first-order chi connectivity index (χ1) is 12.7. The number of alkyl halides is 3. The lowest BCUT2D eigenvalue weighted by atomic mass is 10.1. The van der Waals surface area contributed by atoms with E-state index in [1.54, 1.807) is 32.0 Å². The SMILES string of the molecule is Cc1cccc(C)c1NC(=O)Cn1c(=O)c(C(F)(F)F)nc2ccccc21. The Morgan fingerprint density at radius 3 is 2.33 bits per heavy atom. The molecule has 5 nitrogen and oxygen atoms in total. The molecule has 8 heteroatoms. The molecule has 0 aliphatic rings. The molecule has 3 rings (SSSR count). The van der Waals surface area contributed by atoms with Gasteiger partial charge < -0.3 is 5.32 Å². The van der Waals surface area contributed by atoms with Crippen LogP contribution in [0.3, 0.4) is 0 Å². The minimum Gasteiger partial charge on any atom is -0.324 e. The number of nitrogens with zero attached hydrogens (tertiary/aromatic N) is 2. The summed E-state index contributed by atoms with van der Waals surface area (Å²) in [6.45, 7) is 3.05. The van der Waals surface area contributed by atoms with Gasteiger partial charge in [-0.2, -0.15) is 13.2 Å². The highest BCUT2D eigenvalue weighted by molar-refractivity contribution is 5.93. The van der Waals surface area contributed by atoms with Crippen molar-refractivity contribution in [3.05, 3.63) is 69.6 Å². The smallest absolute Gasteiger partial charge is 0.324 e. The molecule has 0 aliphatic heterocycles. The van der Waals surface area contributed by atoms with Gasteiger partial charge in [0.25, 0.3) is 5.56 Å². The van der Waals surface area contributed by atoms with Crippen LogP contribution in [0.5, 0.6) is 0 Å². The highest BCUT2D eigenvalue weighted by Crippen LogP contribution is 2.26. The van der Waals surface area contributed by atoms with Gasteiger partial charge >= 0.3 is 6.18 Å². The van der Waals surface area contributed by atoms with Gasteiger partial charge in [-0.15, -0.1) is 0 Å². The van der Waals surface area contributed by atoms with Crippen molar-refractivity contribution in [2.45, 2.75) is 26.6 Å². The molecule has 0 radical (unpaired) electrons. The van der Waals surface area contributed by atoms with Gasteiger partial charge in [-0.1, -0.05) is 30.3 Å². The summed E-state index contributed by atoms with van der Waals surface area (Å²) in [6.07, 6.45) is -4.91. The predicted octanol–water partition coefficient (Wildman–Crippen LogP) is 3.67. The molecule has 0 bridgehead atoms. The van der Waals surface area contributed by atoms with Gasteiger partial charge in [0, 0.05) is 5.69 Å². The fourth-order valence-corrected chi connectivity index (χ4v) is 2.87. The van der Waals surface area contributed by atoms with Gasteiger partial charge in [-0.25, -0.2) is 4.98 Å².